The molecule has 0 heterocycles. The number of amides is 1. The summed E-state index contributed by atoms with van der Waals surface area (Å²) in [6.07, 6.45) is 0. The number of nitrogens with zero attached hydrogens (tertiary/aromatic N) is 1. The van der Waals surface area contributed by atoms with Crippen LogP contribution in [0, 0.1) is 0 Å². The van der Waals surface area contributed by atoms with Crippen molar-refractivity contribution in [2.75, 3.05) is 25.9 Å². The summed E-state index contributed by atoms with van der Waals surface area (Å²) >= 11 is 3.35. The van der Waals surface area contributed by atoms with Crippen molar-refractivity contribution in [2.45, 2.75) is 19.9 Å². The SMILES string of the molecule is CC(C)N(C)CCNC(=O)c1cc(N)ccc1Br. The molecule has 18 heavy (non-hydrogen) atoms. The van der Waals surface area contributed by atoms with Gasteiger partial charge in [-0.05, 0) is 55.0 Å². The highest BCUT2D eigenvalue weighted by atomic mass is 79.9. The van der Waals surface area contributed by atoms with E-state index in [1.807, 2.05) is 7.05 Å². The third kappa shape index (κ3) is 4.31. The van der Waals surface area contributed by atoms with E-state index >= 15 is 0 Å². The van der Waals surface area contributed by atoms with Crippen LogP contribution in [0.3, 0.4) is 0 Å². The van der Waals surface area contributed by atoms with E-state index < -0.39 is 0 Å². The van der Waals surface area contributed by atoms with Gasteiger partial charge in [-0.15, -0.1) is 0 Å². The van der Waals surface area contributed by atoms with Crippen molar-refractivity contribution in [2.24, 2.45) is 0 Å². The summed E-state index contributed by atoms with van der Waals surface area (Å²) in [7, 11) is 2.03. The Morgan fingerprint density at radius 2 is 2.17 bits per heavy atom. The summed E-state index contributed by atoms with van der Waals surface area (Å²) < 4.78 is 0.756. The molecule has 1 rings (SSSR count). The third-order valence-electron chi connectivity index (χ3n) is 2.87. The molecule has 1 aromatic carbocycles. The van der Waals surface area contributed by atoms with Crippen LogP contribution in [0.5, 0.6) is 0 Å². The van der Waals surface area contributed by atoms with Crippen molar-refractivity contribution in [1.29, 1.82) is 0 Å². The van der Waals surface area contributed by atoms with E-state index in [2.05, 4.69) is 40.0 Å². The number of carbonyl (C=O) groups excluding carboxylic acids is 1. The second kappa shape index (κ2) is 6.75. The van der Waals surface area contributed by atoms with Crippen LogP contribution < -0.4 is 11.1 Å². The fourth-order valence-electron chi connectivity index (χ4n) is 1.42. The molecule has 0 aromatic heterocycles. The number of nitrogen functional groups attached to an aromatic ring is 1. The molecular weight excluding hydrogens is 294 g/mol. The lowest BCUT2D eigenvalue weighted by atomic mass is 10.2. The molecule has 0 fully saturated rings. The first-order valence-corrected chi connectivity index (χ1v) is 6.74. The van der Waals surface area contributed by atoms with Crippen LogP contribution in [0.25, 0.3) is 0 Å². The van der Waals surface area contributed by atoms with Gasteiger partial charge in [0.1, 0.15) is 0 Å². The summed E-state index contributed by atoms with van der Waals surface area (Å²) in [5.41, 5.74) is 6.83. The van der Waals surface area contributed by atoms with E-state index in [4.69, 9.17) is 5.73 Å². The van der Waals surface area contributed by atoms with E-state index in [1.54, 1.807) is 18.2 Å². The summed E-state index contributed by atoms with van der Waals surface area (Å²) in [5, 5.41) is 2.89. The van der Waals surface area contributed by atoms with Crippen molar-refractivity contribution in [3.63, 3.8) is 0 Å². The van der Waals surface area contributed by atoms with Gasteiger partial charge in [0.2, 0.25) is 0 Å². The van der Waals surface area contributed by atoms with Gasteiger partial charge < -0.3 is 16.0 Å². The lowest BCUT2D eigenvalue weighted by Crippen LogP contribution is -2.36. The highest BCUT2D eigenvalue weighted by Crippen LogP contribution is 2.19. The van der Waals surface area contributed by atoms with Gasteiger partial charge in [-0.3, -0.25) is 4.79 Å². The molecule has 1 aromatic rings. The van der Waals surface area contributed by atoms with Crippen molar-refractivity contribution < 1.29 is 4.79 Å². The molecule has 0 aliphatic rings. The lowest BCUT2D eigenvalue weighted by molar-refractivity contribution is 0.0947. The average molecular weight is 314 g/mol. The molecule has 0 aliphatic carbocycles. The van der Waals surface area contributed by atoms with Crippen LogP contribution in [0.2, 0.25) is 0 Å². The maximum absolute atomic E-state index is 12.0. The number of halogens is 1. The normalized spacial score (nSPS) is 11.0. The van der Waals surface area contributed by atoms with Crippen molar-refractivity contribution in [3.05, 3.63) is 28.2 Å². The molecule has 0 spiro atoms. The van der Waals surface area contributed by atoms with Gasteiger partial charge in [0, 0.05) is 29.3 Å². The zero-order valence-electron chi connectivity index (χ0n) is 11.0. The molecule has 0 saturated carbocycles. The Kier molecular flexibility index (Phi) is 5.62. The first kappa shape index (κ1) is 15.0. The molecule has 3 N–H and O–H groups in total. The maximum atomic E-state index is 12.0. The molecule has 0 atom stereocenters. The fraction of sp³-hybridized carbons (Fsp3) is 0.462. The number of anilines is 1. The Morgan fingerprint density at radius 1 is 1.50 bits per heavy atom. The minimum absolute atomic E-state index is 0.105. The number of hydrogen-bond acceptors (Lipinski definition) is 3. The largest absolute Gasteiger partial charge is 0.399 e. The molecule has 0 radical (unpaired) electrons. The second-order valence-corrected chi connectivity index (χ2v) is 5.42. The van der Waals surface area contributed by atoms with E-state index in [1.165, 1.54) is 0 Å². The van der Waals surface area contributed by atoms with E-state index in [0.29, 0.717) is 23.8 Å². The Labute approximate surface area is 117 Å². The molecule has 0 bridgehead atoms. The first-order valence-electron chi connectivity index (χ1n) is 5.95. The Morgan fingerprint density at radius 3 is 2.78 bits per heavy atom. The van der Waals surface area contributed by atoms with E-state index in [9.17, 15) is 4.79 Å². The highest BCUT2D eigenvalue weighted by Gasteiger charge is 2.10. The summed E-state index contributed by atoms with van der Waals surface area (Å²) in [6, 6.07) is 5.68. The molecule has 1 amide bonds. The summed E-state index contributed by atoms with van der Waals surface area (Å²) in [5.74, 6) is -0.105. The third-order valence-corrected chi connectivity index (χ3v) is 3.56. The van der Waals surface area contributed by atoms with Gasteiger partial charge >= 0.3 is 0 Å². The Hall–Kier alpha value is -1.07. The molecule has 5 heteroatoms. The van der Waals surface area contributed by atoms with Crippen LogP contribution in [0.4, 0.5) is 5.69 Å². The van der Waals surface area contributed by atoms with Crippen molar-refractivity contribution in [1.82, 2.24) is 10.2 Å². The van der Waals surface area contributed by atoms with E-state index in [-0.39, 0.29) is 5.91 Å². The number of likely N-dealkylation sites (N-methyl/N-ethyl adjacent to an activating group) is 1. The molecule has 100 valence electrons. The minimum Gasteiger partial charge on any atom is -0.399 e. The minimum atomic E-state index is -0.105. The fourth-order valence-corrected chi connectivity index (χ4v) is 1.84. The molecular formula is C13H20BrN3O. The zero-order valence-corrected chi connectivity index (χ0v) is 12.6. The smallest absolute Gasteiger partial charge is 0.252 e. The number of carbonyl (C=O) groups is 1. The molecule has 0 unspecified atom stereocenters. The average Bonchev–Trinajstić information content (AvgIpc) is 2.31. The second-order valence-electron chi connectivity index (χ2n) is 4.57. The maximum Gasteiger partial charge on any atom is 0.252 e. The van der Waals surface area contributed by atoms with Gasteiger partial charge in [-0.2, -0.15) is 0 Å². The molecule has 4 nitrogen and oxygen atoms in total. The number of nitrogens with two attached hydrogens (primary N) is 1. The van der Waals surface area contributed by atoms with Crippen LogP contribution in [0.15, 0.2) is 22.7 Å². The Balaban J connectivity index is 2.53. The number of nitrogens with one attached hydrogen (secondary N) is 1. The number of benzene rings is 1. The predicted octanol–water partition coefficient (Wildman–Crippen LogP) is 2.10. The van der Waals surface area contributed by atoms with E-state index in [0.717, 1.165) is 11.0 Å². The zero-order chi connectivity index (χ0) is 13.7. The van der Waals surface area contributed by atoms with Gasteiger partial charge in [0.25, 0.3) is 5.91 Å². The van der Waals surface area contributed by atoms with Crippen LogP contribution in [0.1, 0.15) is 24.2 Å². The predicted molar refractivity (Wildman–Crippen MR) is 78.7 cm³/mol. The molecule has 0 aliphatic heterocycles. The summed E-state index contributed by atoms with van der Waals surface area (Å²) in [4.78, 5) is 14.1. The topological polar surface area (TPSA) is 58.4 Å². The standard InChI is InChI=1S/C13H20BrN3O/c1-9(2)17(3)7-6-16-13(18)11-8-10(15)4-5-12(11)14/h4-5,8-9H,6-7,15H2,1-3H3,(H,16,18). The number of rotatable bonds is 5. The van der Waals surface area contributed by atoms with Gasteiger partial charge in [0.05, 0.1) is 5.56 Å². The van der Waals surface area contributed by atoms with Gasteiger partial charge in [0.15, 0.2) is 0 Å². The van der Waals surface area contributed by atoms with Crippen molar-refractivity contribution in [3.8, 4) is 0 Å². The van der Waals surface area contributed by atoms with Crippen LogP contribution in [-0.2, 0) is 0 Å². The lowest BCUT2D eigenvalue weighted by Gasteiger charge is -2.21. The quantitative estimate of drug-likeness (QED) is 0.818. The van der Waals surface area contributed by atoms with Crippen molar-refractivity contribution >= 4 is 27.5 Å². The molecule has 0 saturated heterocycles. The van der Waals surface area contributed by atoms with Gasteiger partial charge in [-0.25, -0.2) is 0 Å². The number of hydrogen-bond donors (Lipinski definition) is 2. The first-order chi connectivity index (χ1) is 8.41. The highest BCUT2D eigenvalue weighted by molar-refractivity contribution is 9.10. The van der Waals surface area contributed by atoms with Gasteiger partial charge in [-0.1, -0.05) is 0 Å². The Bertz CT molecular complexity index is 421. The van der Waals surface area contributed by atoms with Crippen LogP contribution >= 0.6 is 15.9 Å². The summed E-state index contributed by atoms with van der Waals surface area (Å²) in [6.45, 7) is 5.69. The van der Waals surface area contributed by atoms with Crippen LogP contribution in [-0.4, -0.2) is 37.0 Å². The monoisotopic (exact) mass is 313 g/mol.